The third-order valence-electron chi connectivity index (χ3n) is 8.56. The van der Waals surface area contributed by atoms with Gasteiger partial charge in [-0.3, -0.25) is 9.59 Å². The standard InChI is InChI=1S/C21H29FO2/c1-13(23)16-6-7-17-18-5-4-14-12-15(24)8-9-20(14,3)21(18,22)11-10-19(16,17)2/h12,16-18H,4-11H2,1-3H3/t16-,17+,18+,19-,20+,21-/m1/s1. The average molecular weight is 332 g/mol. The summed E-state index contributed by atoms with van der Waals surface area (Å²) in [6.07, 6.45) is 7.88. The predicted octanol–water partition coefficient (Wildman–Crippen LogP) is 4.82. The van der Waals surface area contributed by atoms with Crippen LogP contribution in [0.5, 0.6) is 0 Å². The first-order valence-electron chi connectivity index (χ1n) is 9.66. The third-order valence-corrected chi connectivity index (χ3v) is 8.56. The van der Waals surface area contributed by atoms with Gasteiger partial charge in [-0.1, -0.05) is 19.4 Å². The van der Waals surface area contributed by atoms with Crippen molar-refractivity contribution in [2.75, 3.05) is 0 Å². The maximum atomic E-state index is 16.6. The number of ketones is 2. The molecule has 0 bridgehead atoms. The zero-order valence-corrected chi connectivity index (χ0v) is 15.2. The molecule has 0 spiro atoms. The number of halogens is 1. The molecule has 3 fully saturated rings. The summed E-state index contributed by atoms with van der Waals surface area (Å²) < 4.78 is 16.6. The fourth-order valence-electron chi connectivity index (χ4n) is 7.12. The van der Waals surface area contributed by atoms with Crippen molar-refractivity contribution >= 4 is 11.6 Å². The zero-order valence-electron chi connectivity index (χ0n) is 15.2. The minimum absolute atomic E-state index is 0.0197. The molecule has 0 aliphatic heterocycles. The molecule has 4 aliphatic rings. The van der Waals surface area contributed by atoms with Crippen LogP contribution in [0.15, 0.2) is 11.6 Å². The summed E-state index contributed by atoms with van der Waals surface area (Å²) in [5, 5.41) is 0. The second-order valence-electron chi connectivity index (χ2n) is 9.33. The quantitative estimate of drug-likeness (QED) is 0.690. The number of hydrogen-bond donors (Lipinski definition) is 0. The number of rotatable bonds is 1. The van der Waals surface area contributed by atoms with Gasteiger partial charge in [0.1, 0.15) is 11.5 Å². The molecule has 2 nitrogen and oxygen atoms in total. The number of alkyl halides is 1. The van der Waals surface area contributed by atoms with Crippen LogP contribution >= 0.6 is 0 Å². The van der Waals surface area contributed by atoms with Crippen molar-refractivity contribution < 1.29 is 14.0 Å². The number of hydrogen-bond acceptors (Lipinski definition) is 2. The molecule has 0 heterocycles. The van der Waals surface area contributed by atoms with E-state index in [4.69, 9.17) is 0 Å². The SMILES string of the molecule is CC(=O)[C@H]1CC[C@H]2[C@@H]3CCC4=CC(=O)CC[C@]4(C)[C@@]3(F)CC[C@]12C. The molecular formula is C21H29FO2. The largest absolute Gasteiger partial charge is 0.300 e. The van der Waals surface area contributed by atoms with Crippen LogP contribution in [0.25, 0.3) is 0 Å². The summed E-state index contributed by atoms with van der Waals surface area (Å²) in [4.78, 5) is 24.0. The molecule has 6 atom stereocenters. The summed E-state index contributed by atoms with van der Waals surface area (Å²) in [7, 11) is 0. The number of carbonyl (C=O) groups is 2. The van der Waals surface area contributed by atoms with E-state index in [-0.39, 0.29) is 28.8 Å². The molecular weight excluding hydrogens is 303 g/mol. The molecule has 0 amide bonds. The van der Waals surface area contributed by atoms with Crippen LogP contribution in [0, 0.1) is 28.6 Å². The molecule has 0 radical (unpaired) electrons. The summed E-state index contributed by atoms with van der Waals surface area (Å²) in [6.45, 7) is 6.03. The van der Waals surface area contributed by atoms with Gasteiger partial charge in [0.25, 0.3) is 0 Å². The van der Waals surface area contributed by atoms with E-state index in [1.165, 1.54) is 0 Å². The van der Waals surface area contributed by atoms with Crippen molar-refractivity contribution in [3.8, 4) is 0 Å². The van der Waals surface area contributed by atoms with Crippen molar-refractivity contribution in [1.82, 2.24) is 0 Å². The number of carbonyl (C=O) groups excluding carboxylic acids is 2. The Morgan fingerprint density at radius 2 is 1.83 bits per heavy atom. The Bertz CT molecular complexity index is 638. The van der Waals surface area contributed by atoms with Crippen LogP contribution in [0.4, 0.5) is 4.39 Å². The van der Waals surface area contributed by atoms with Crippen molar-refractivity contribution in [2.24, 2.45) is 28.6 Å². The Balaban J connectivity index is 1.74. The van der Waals surface area contributed by atoms with Crippen LogP contribution in [0.1, 0.15) is 72.1 Å². The van der Waals surface area contributed by atoms with Crippen LogP contribution < -0.4 is 0 Å². The lowest BCUT2D eigenvalue weighted by Gasteiger charge is -2.61. The minimum Gasteiger partial charge on any atom is -0.300 e. The molecule has 3 heteroatoms. The van der Waals surface area contributed by atoms with Gasteiger partial charge in [0.2, 0.25) is 0 Å². The van der Waals surface area contributed by atoms with Gasteiger partial charge in [-0.05, 0) is 75.2 Å². The van der Waals surface area contributed by atoms with Gasteiger partial charge in [-0.15, -0.1) is 0 Å². The Kier molecular flexibility index (Phi) is 3.44. The van der Waals surface area contributed by atoms with E-state index in [1.54, 1.807) is 13.0 Å². The first-order chi connectivity index (χ1) is 11.2. The number of Topliss-reactive ketones (excluding diaryl/α,β-unsaturated/α-hetero) is 1. The fraction of sp³-hybridized carbons (Fsp3) is 0.810. The molecule has 3 saturated carbocycles. The highest BCUT2D eigenvalue weighted by atomic mass is 19.1. The molecule has 24 heavy (non-hydrogen) atoms. The van der Waals surface area contributed by atoms with Gasteiger partial charge < -0.3 is 0 Å². The summed E-state index contributed by atoms with van der Waals surface area (Å²) in [5.41, 5.74) is -0.636. The molecule has 0 N–H and O–H groups in total. The number of fused-ring (bicyclic) bond motifs is 5. The molecule has 0 aromatic heterocycles. The Labute approximate surface area is 144 Å². The highest BCUT2D eigenvalue weighted by Crippen LogP contribution is 2.69. The lowest BCUT2D eigenvalue weighted by Crippen LogP contribution is -2.60. The van der Waals surface area contributed by atoms with Gasteiger partial charge in [0, 0.05) is 17.8 Å². The highest BCUT2D eigenvalue weighted by molar-refractivity contribution is 5.91. The average Bonchev–Trinajstić information content (AvgIpc) is 2.87. The Morgan fingerprint density at radius 3 is 2.54 bits per heavy atom. The zero-order chi connectivity index (χ0) is 17.3. The predicted molar refractivity (Wildman–Crippen MR) is 91.2 cm³/mol. The number of allylic oxidation sites excluding steroid dienone is 1. The van der Waals surface area contributed by atoms with Crippen molar-refractivity contribution in [2.45, 2.75) is 77.8 Å². The first-order valence-corrected chi connectivity index (χ1v) is 9.66. The van der Waals surface area contributed by atoms with E-state index >= 15 is 4.39 Å². The maximum Gasteiger partial charge on any atom is 0.155 e. The second-order valence-corrected chi connectivity index (χ2v) is 9.33. The van der Waals surface area contributed by atoms with E-state index < -0.39 is 11.1 Å². The third kappa shape index (κ3) is 1.87. The molecule has 4 aliphatic carbocycles. The first kappa shape index (κ1) is 16.5. The Morgan fingerprint density at radius 1 is 1.08 bits per heavy atom. The van der Waals surface area contributed by atoms with E-state index in [0.29, 0.717) is 25.2 Å². The summed E-state index contributed by atoms with van der Waals surface area (Å²) >= 11 is 0. The van der Waals surface area contributed by atoms with E-state index in [9.17, 15) is 9.59 Å². The van der Waals surface area contributed by atoms with E-state index in [0.717, 1.165) is 37.7 Å². The van der Waals surface area contributed by atoms with Gasteiger partial charge in [-0.25, -0.2) is 4.39 Å². The van der Waals surface area contributed by atoms with Crippen molar-refractivity contribution in [1.29, 1.82) is 0 Å². The van der Waals surface area contributed by atoms with Crippen molar-refractivity contribution in [3.63, 3.8) is 0 Å². The normalized spacial score (nSPS) is 50.6. The van der Waals surface area contributed by atoms with Crippen molar-refractivity contribution in [3.05, 3.63) is 11.6 Å². The van der Waals surface area contributed by atoms with Gasteiger partial charge >= 0.3 is 0 Å². The van der Waals surface area contributed by atoms with Gasteiger partial charge in [-0.2, -0.15) is 0 Å². The monoisotopic (exact) mass is 332 g/mol. The van der Waals surface area contributed by atoms with E-state index in [2.05, 4.69) is 13.8 Å². The topological polar surface area (TPSA) is 34.1 Å². The molecule has 0 saturated heterocycles. The summed E-state index contributed by atoms with van der Waals surface area (Å²) in [6, 6.07) is 0. The second kappa shape index (κ2) is 5.02. The Hall–Kier alpha value is -0.990. The van der Waals surface area contributed by atoms with Crippen LogP contribution in [0.3, 0.4) is 0 Å². The molecule has 0 aromatic carbocycles. The smallest absolute Gasteiger partial charge is 0.155 e. The van der Waals surface area contributed by atoms with Crippen LogP contribution in [-0.4, -0.2) is 17.2 Å². The lowest BCUT2D eigenvalue weighted by molar-refractivity contribution is -0.152. The molecule has 132 valence electrons. The van der Waals surface area contributed by atoms with Crippen LogP contribution in [-0.2, 0) is 9.59 Å². The maximum absolute atomic E-state index is 16.6. The van der Waals surface area contributed by atoms with Crippen LogP contribution in [0.2, 0.25) is 0 Å². The summed E-state index contributed by atoms with van der Waals surface area (Å²) in [5.74, 6) is 0.946. The molecule has 4 rings (SSSR count). The van der Waals surface area contributed by atoms with Gasteiger partial charge in [0.15, 0.2) is 5.78 Å². The minimum atomic E-state index is -1.20. The molecule has 0 unspecified atom stereocenters. The van der Waals surface area contributed by atoms with Gasteiger partial charge in [0.05, 0.1) is 0 Å². The van der Waals surface area contributed by atoms with E-state index in [1.807, 2.05) is 0 Å². The lowest BCUT2D eigenvalue weighted by atomic mass is 9.45. The molecule has 0 aromatic rings. The fourth-order valence-corrected chi connectivity index (χ4v) is 7.12. The highest BCUT2D eigenvalue weighted by Gasteiger charge is 2.67.